The largest absolute Gasteiger partial charge is 0.481 e. The average Bonchev–Trinajstić information content (AvgIpc) is 3.09. The van der Waals surface area contributed by atoms with Crippen LogP contribution < -0.4 is 4.90 Å². The van der Waals surface area contributed by atoms with Crippen molar-refractivity contribution in [3.8, 4) is 0 Å². The molecule has 2 amide bonds. The highest BCUT2D eigenvalue weighted by Crippen LogP contribution is 2.34. The maximum absolute atomic E-state index is 13.3. The number of hydrogen-bond acceptors (Lipinski definition) is 3. The van der Waals surface area contributed by atoms with Gasteiger partial charge in [0, 0.05) is 43.3 Å². The van der Waals surface area contributed by atoms with Crippen LogP contribution in [0.2, 0.25) is 0 Å². The first kappa shape index (κ1) is 24.8. The fourth-order valence-corrected chi connectivity index (χ4v) is 5.73. The number of amides is 2. The number of likely N-dealkylation sites (N-methyl/N-ethyl adjacent to an activating group) is 1. The Morgan fingerprint density at radius 3 is 2.34 bits per heavy atom. The third-order valence-corrected chi connectivity index (χ3v) is 7.99. The van der Waals surface area contributed by atoms with Gasteiger partial charge in [0.1, 0.15) is 0 Å². The minimum atomic E-state index is -0.705. The van der Waals surface area contributed by atoms with E-state index < -0.39 is 5.97 Å². The zero-order valence-corrected chi connectivity index (χ0v) is 20.4. The van der Waals surface area contributed by atoms with E-state index in [0.29, 0.717) is 24.0 Å². The van der Waals surface area contributed by atoms with E-state index in [1.165, 1.54) is 11.1 Å². The molecule has 2 atom stereocenters. The molecule has 1 aromatic carbocycles. The Morgan fingerprint density at radius 1 is 1.03 bits per heavy atom. The van der Waals surface area contributed by atoms with Crippen LogP contribution in [-0.2, 0) is 17.6 Å². The van der Waals surface area contributed by atoms with Gasteiger partial charge in [0.2, 0.25) is 0 Å². The number of carbonyl (C=O) groups is 2. The van der Waals surface area contributed by atoms with Crippen molar-refractivity contribution in [1.29, 1.82) is 0 Å². The van der Waals surface area contributed by atoms with E-state index in [2.05, 4.69) is 48.9 Å². The van der Waals surface area contributed by atoms with Crippen molar-refractivity contribution in [1.82, 2.24) is 9.80 Å². The maximum atomic E-state index is 13.3. The van der Waals surface area contributed by atoms with Gasteiger partial charge >= 0.3 is 12.0 Å². The molecule has 2 unspecified atom stereocenters. The number of benzene rings is 1. The predicted octanol–water partition coefficient (Wildman–Crippen LogP) is 4.58. The quantitative estimate of drug-likeness (QED) is 0.694. The van der Waals surface area contributed by atoms with Crippen molar-refractivity contribution in [3.05, 3.63) is 29.3 Å². The third kappa shape index (κ3) is 5.23. The molecule has 4 rings (SSSR count). The van der Waals surface area contributed by atoms with Crippen LogP contribution in [0.3, 0.4) is 0 Å². The van der Waals surface area contributed by atoms with E-state index in [4.69, 9.17) is 5.11 Å². The van der Waals surface area contributed by atoms with E-state index in [9.17, 15) is 9.59 Å². The van der Waals surface area contributed by atoms with Crippen LogP contribution in [0.4, 0.5) is 10.5 Å². The molecule has 7 heteroatoms. The van der Waals surface area contributed by atoms with Crippen molar-refractivity contribution in [2.24, 2.45) is 5.92 Å². The highest BCUT2D eigenvalue weighted by atomic mass is 35.5. The van der Waals surface area contributed by atoms with Gasteiger partial charge in [-0.2, -0.15) is 0 Å². The molecule has 1 saturated heterocycles. The molecular formula is C25H38ClN3O3. The van der Waals surface area contributed by atoms with Gasteiger partial charge in [-0.05, 0) is 95.0 Å². The summed E-state index contributed by atoms with van der Waals surface area (Å²) >= 11 is 0. The average molecular weight is 464 g/mol. The lowest BCUT2D eigenvalue weighted by atomic mass is 9.83. The van der Waals surface area contributed by atoms with Crippen molar-refractivity contribution >= 4 is 30.1 Å². The van der Waals surface area contributed by atoms with E-state index in [1.54, 1.807) is 0 Å². The Balaban J connectivity index is 0.00000289. The SMILES string of the molecule is CC1Cc2ccc(N3CCN([C@H]4CC[C@H](CCC(=O)O)CC4)C3=O)cc2CC(C)N1C.Cl. The summed E-state index contributed by atoms with van der Waals surface area (Å²) in [5, 5.41) is 8.91. The van der Waals surface area contributed by atoms with E-state index in [0.717, 1.165) is 63.7 Å². The maximum Gasteiger partial charge on any atom is 0.324 e. The monoisotopic (exact) mass is 463 g/mol. The lowest BCUT2D eigenvalue weighted by molar-refractivity contribution is -0.137. The molecule has 1 N–H and O–H groups in total. The number of halogens is 1. The molecule has 32 heavy (non-hydrogen) atoms. The van der Waals surface area contributed by atoms with Gasteiger partial charge in [0.25, 0.3) is 0 Å². The summed E-state index contributed by atoms with van der Waals surface area (Å²) in [6.07, 6.45) is 7.17. The number of anilines is 1. The molecule has 0 bridgehead atoms. The summed E-state index contributed by atoms with van der Waals surface area (Å²) in [6, 6.07) is 8.07. The van der Waals surface area contributed by atoms with E-state index in [-0.39, 0.29) is 24.9 Å². The summed E-state index contributed by atoms with van der Waals surface area (Å²) in [7, 11) is 2.21. The first-order chi connectivity index (χ1) is 14.8. The molecule has 178 valence electrons. The number of rotatable bonds is 5. The van der Waals surface area contributed by atoms with Crippen LogP contribution in [0.25, 0.3) is 0 Å². The molecule has 3 aliphatic rings. The number of carboxylic acids is 1. The number of fused-ring (bicyclic) bond motifs is 1. The summed E-state index contributed by atoms with van der Waals surface area (Å²) in [5.41, 5.74) is 3.83. The van der Waals surface area contributed by atoms with Crippen LogP contribution in [0, 0.1) is 5.92 Å². The Hall–Kier alpha value is -1.79. The van der Waals surface area contributed by atoms with Crippen LogP contribution in [-0.4, -0.2) is 65.2 Å². The second-order valence-electron chi connectivity index (χ2n) is 9.96. The molecule has 2 aliphatic heterocycles. The fraction of sp³-hybridized carbons (Fsp3) is 0.680. The van der Waals surface area contributed by atoms with Gasteiger partial charge in [-0.3, -0.25) is 9.69 Å². The zero-order chi connectivity index (χ0) is 22.1. The lowest BCUT2D eigenvalue weighted by Gasteiger charge is -2.34. The van der Waals surface area contributed by atoms with Gasteiger partial charge in [-0.25, -0.2) is 4.79 Å². The first-order valence-electron chi connectivity index (χ1n) is 12.0. The number of nitrogens with zero attached hydrogens (tertiary/aromatic N) is 3. The smallest absolute Gasteiger partial charge is 0.324 e. The van der Waals surface area contributed by atoms with Gasteiger partial charge in [0.15, 0.2) is 0 Å². The van der Waals surface area contributed by atoms with Gasteiger partial charge < -0.3 is 14.9 Å². The minimum Gasteiger partial charge on any atom is -0.481 e. The molecule has 0 spiro atoms. The van der Waals surface area contributed by atoms with Crippen molar-refractivity contribution in [3.63, 3.8) is 0 Å². The van der Waals surface area contributed by atoms with E-state index >= 15 is 0 Å². The Kier molecular flexibility index (Phi) is 8.10. The minimum absolute atomic E-state index is 0. The van der Waals surface area contributed by atoms with Crippen molar-refractivity contribution in [2.75, 3.05) is 25.0 Å². The normalized spacial score (nSPS) is 28.8. The second-order valence-corrected chi connectivity index (χ2v) is 9.96. The predicted molar refractivity (Wildman–Crippen MR) is 130 cm³/mol. The third-order valence-electron chi connectivity index (χ3n) is 7.99. The van der Waals surface area contributed by atoms with Gasteiger partial charge in [-0.15, -0.1) is 12.4 Å². The zero-order valence-electron chi connectivity index (χ0n) is 19.6. The number of hydrogen-bond donors (Lipinski definition) is 1. The van der Waals surface area contributed by atoms with Crippen molar-refractivity contribution < 1.29 is 14.7 Å². The molecule has 0 aromatic heterocycles. The summed E-state index contributed by atoms with van der Waals surface area (Å²) < 4.78 is 0. The highest BCUT2D eigenvalue weighted by Gasteiger charge is 2.36. The number of carbonyl (C=O) groups excluding carboxylic acids is 1. The topological polar surface area (TPSA) is 64.1 Å². The van der Waals surface area contributed by atoms with E-state index in [1.807, 2.05) is 4.90 Å². The molecule has 2 heterocycles. The molecule has 1 saturated carbocycles. The van der Waals surface area contributed by atoms with Crippen LogP contribution in [0.1, 0.15) is 63.5 Å². The van der Waals surface area contributed by atoms with Crippen LogP contribution in [0.15, 0.2) is 18.2 Å². The van der Waals surface area contributed by atoms with Gasteiger partial charge in [0.05, 0.1) is 0 Å². The van der Waals surface area contributed by atoms with Crippen LogP contribution in [0.5, 0.6) is 0 Å². The van der Waals surface area contributed by atoms with Crippen molar-refractivity contribution in [2.45, 2.75) is 83.3 Å². The number of urea groups is 1. The second kappa shape index (κ2) is 10.4. The molecule has 1 aromatic rings. The Morgan fingerprint density at radius 2 is 1.69 bits per heavy atom. The summed E-state index contributed by atoms with van der Waals surface area (Å²) in [4.78, 5) is 30.6. The fourth-order valence-electron chi connectivity index (χ4n) is 5.73. The van der Waals surface area contributed by atoms with Gasteiger partial charge in [-0.1, -0.05) is 6.07 Å². The number of aliphatic carboxylic acids is 1. The summed E-state index contributed by atoms with van der Waals surface area (Å²) in [5.74, 6) is -0.211. The van der Waals surface area contributed by atoms with Crippen LogP contribution >= 0.6 is 12.4 Å². The Labute approximate surface area is 198 Å². The molecule has 0 radical (unpaired) electrons. The molecular weight excluding hydrogens is 426 g/mol. The summed E-state index contributed by atoms with van der Waals surface area (Å²) in [6.45, 7) is 6.12. The first-order valence-corrected chi connectivity index (χ1v) is 12.0. The number of carboxylic acid groups (broad SMARTS) is 1. The molecule has 1 aliphatic carbocycles. The molecule has 6 nitrogen and oxygen atoms in total. The highest BCUT2D eigenvalue weighted by molar-refractivity contribution is 5.94. The standard InChI is InChI=1S/C25H37N3O3.ClH/c1-17-14-20-7-10-23(16-21(20)15-18(2)26(17)3)28-13-12-27(25(28)31)22-8-4-19(5-9-22)6-11-24(29)30;/h7,10,16-19,22H,4-6,8-9,11-15H2,1-3H3,(H,29,30);1H/t17?,18?,19-,22-;. The lowest BCUT2D eigenvalue weighted by Crippen LogP contribution is -2.41. The molecule has 2 fully saturated rings. The Bertz CT molecular complexity index is 825.